The van der Waals surface area contributed by atoms with Gasteiger partial charge in [-0.1, -0.05) is 26.0 Å². The Kier molecular flexibility index (Phi) is 5.21. The van der Waals surface area contributed by atoms with Crippen molar-refractivity contribution >= 4 is 5.91 Å². The molecule has 0 bridgehead atoms. The maximum Gasteiger partial charge on any atom is 0.260 e. The van der Waals surface area contributed by atoms with E-state index in [1.165, 1.54) is 5.56 Å². The Labute approximate surface area is 126 Å². The van der Waals surface area contributed by atoms with Crippen molar-refractivity contribution in [3.63, 3.8) is 0 Å². The van der Waals surface area contributed by atoms with Crippen LogP contribution in [0.4, 0.5) is 0 Å². The van der Waals surface area contributed by atoms with Crippen LogP contribution in [0.1, 0.15) is 38.2 Å². The van der Waals surface area contributed by atoms with Crippen LogP contribution >= 0.6 is 0 Å². The molecule has 2 rings (SSSR count). The summed E-state index contributed by atoms with van der Waals surface area (Å²) in [6, 6.07) is 10.1. The van der Waals surface area contributed by atoms with Crippen molar-refractivity contribution in [3.05, 3.63) is 29.8 Å². The molecular formula is C17H22N2O2. The first-order valence-corrected chi connectivity index (χ1v) is 7.50. The van der Waals surface area contributed by atoms with Crippen LogP contribution in [-0.4, -0.2) is 30.5 Å². The molecule has 1 fully saturated rings. The summed E-state index contributed by atoms with van der Waals surface area (Å²) in [6.45, 7) is 5.64. The van der Waals surface area contributed by atoms with E-state index >= 15 is 0 Å². The van der Waals surface area contributed by atoms with Crippen LogP contribution in [0.25, 0.3) is 0 Å². The van der Waals surface area contributed by atoms with Crippen molar-refractivity contribution in [2.75, 3.05) is 19.7 Å². The second kappa shape index (κ2) is 7.12. The number of carbonyl (C=O) groups is 1. The smallest absolute Gasteiger partial charge is 0.260 e. The molecule has 0 unspecified atom stereocenters. The summed E-state index contributed by atoms with van der Waals surface area (Å²) in [7, 11) is 0. The zero-order valence-electron chi connectivity index (χ0n) is 12.7. The fourth-order valence-electron chi connectivity index (χ4n) is 2.46. The summed E-state index contributed by atoms with van der Waals surface area (Å²) in [6.07, 6.45) is 1.54. The van der Waals surface area contributed by atoms with Gasteiger partial charge in [0.25, 0.3) is 5.91 Å². The lowest BCUT2D eigenvalue weighted by molar-refractivity contribution is -0.134. The Balaban J connectivity index is 1.84. The Morgan fingerprint density at radius 3 is 2.76 bits per heavy atom. The van der Waals surface area contributed by atoms with E-state index in [2.05, 4.69) is 26.0 Å². The number of likely N-dealkylation sites (tertiary alicyclic amines) is 1. The number of carbonyl (C=O) groups excluding carboxylic acids is 1. The molecule has 4 nitrogen and oxygen atoms in total. The standard InChI is InChI=1S/C17H22N2O2/c1-13(2)15-4-3-5-16(10-15)21-12-17(20)19-8-6-14(11-18)7-9-19/h3-5,10,13-14H,6-9,12H2,1-2H3. The zero-order chi connectivity index (χ0) is 15.2. The Hall–Kier alpha value is -2.02. The van der Waals surface area contributed by atoms with E-state index in [9.17, 15) is 4.79 Å². The molecular weight excluding hydrogens is 264 g/mol. The van der Waals surface area contributed by atoms with Crippen molar-refractivity contribution < 1.29 is 9.53 Å². The fourth-order valence-corrected chi connectivity index (χ4v) is 2.46. The van der Waals surface area contributed by atoms with E-state index in [0.717, 1.165) is 18.6 Å². The highest BCUT2D eigenvalue weighted by Crippen LogP contribution is 2.20. The molecule has 1 aromatic rings. The normalized spacial score (nSPS) is 15.8. The molecule has 0 N–H and O–H groups in total. The number of ether oxygens (including phenoxy) is 1. The molecule has 1 heterocycles. The van der Waals surface area contributed by atoms with E-state index in [4.69, 9.17) is 10.00 Å². The number of nitrogens with zero attached hydrogens (tertiary/aromatic N) is 2. The highest BCUT2D eigenvalue weighted by Gasteiger charge is 2.22. The predicted octanol–water partition coefficient (Wildman–Crippen LogP) is 2.95. The predicted molar refractivity (Wildman–Crippen MR) is 80.9 cm³/mol. The lowest BCUT2D eigenvalue weighted by atomic mass is 9.99. The SMILES string of the molecule is CC(C)c1cccc(OCC(=O)N2CCC(C#N)CC2)c1. The maximum absolute atomic E-state index is 12.1. The molecule has 0 aliphatic carbocycles. The third-order valence-corrected chi connectivity index (χ3v) is 3.92. The first-order chi connectivity index (χ1) is 10.1. The van der Waals surface area contributed by atoms with Gasteiger partial charge in [0.1, 0.15) is 5.75 Å². The van der Waals surface area contributed by atoms with E-state index in [0.29, 0.717) is 19.0 Å². The largest absolute Gasteiger partial charge is 0.484 e. The molecule has 0 atom stereocenters. The van der Waals surface area contributed by atoms with E-state index < -0.39 is 0 Å². The molecule has 0 spiro atoms. The molecule has 1 amide bonds. The Bertz CT molecular complexity index is 526. The van der Waals surface area contributed by atoms with Crippen LogP contribution < -0.4 is 4.74 Å². The summed E-state index contributed by atoms with van der Waals surface area (Å²) in [4.78, 5) is 13.9. The number of benzene rings is 1. The number of nitriles is 1. The van der Waals surface area contributed by atoms with Crippen molar-refractivity contribution in [3.8, 4) is 11.8 Å². The second-order valence-corrected chi connectivity index (χ2v) is 5.80. The molecule has 0 saturated carbocycles. The van der Waals surface area contributed by atoms with Crippen molar-refractivity contribution in [2.45, 2.75) is 32.6 Å². The number of piperidine rings is 1. The van der Waals surface area contributed by atoms with Gasteiger partial charge in [0.05, 0.1) is 6.07 Å². The third-order valence-electron chi connectivity index (χ3n) is 3.92. The minimum absolute atomic E-state index is 0.00124. The van der Waals surface area contributed by atoms with Gasteiger partial charge < -0.3 is 9.64 Å². The first-order valence-electron chi connectivity index (χ1n) is 7.50. The van der Waals surface area contributed by atoms with Crippen LogP contribution in [-0.2, 0) is 4.79 Å². The average Bonchev–Trinajstić information content (AvgIpc) is 2.53. The van der Waals surface area contributed by atoms with Gasteiger partial charge in [-0.15, -0.1) is 0 Å². The van der Waals surface area contributed by atoms with Gasteiger partial charge in [-0.05, 0) is 36.5 Å². The highest BCUT2D eigenvalue weighted by molar-refractivity contribution is 5.77. The van der Waals surface area contributed by atoms with E-state index in [-0.39, 0.29) is 18.4 Å². The quantitative estimate of drug-likeness (QED) is 0.855. The number of hydrogen-bond donors (Lipinski definition) is 0. The van der Waals surface area contributed by atoms with Gasteiger partial charge in [0.15, 0.2) is 6.61 Å². The minimum Gasteiger partial charge on any atom is -0.484 e. The van der Waals surface area contributed by atoms with Crippen LogP contribution in [0.5, 0.6) is 5.75 Å². The van der Waals surface area contributed by atoms with Crippen molar-refractivity contribution in [1.29, 1.82) is 5.26 Å². The maximum atomic E-state index is 12.1. The van der Waals surface area contributed by atoms with Gasteiger partial charge in [-0.25, -0.2) is 0 Å². The summed E-state index contributed by atoms with van der Waals surface area (Å²) in [5.74, 6) is 1.27. The topological polar surface area (TPSA) is 53.3 Å². The number of rotatable bonds is 4. The Morgan fingerprint density at radius 2 is 2.14 bits per heavy atom. The third kappa shape index (κ3) is 4.22. The second-order valence-electron chi connectivity index (χ2n) is 5.80. The summed E-state index contributed by atoms with van der Waals surface area (Å²) in [5.41, 5.74) is 1.20. The number of amides is 1. The molecule has 112 valence electrons. The first kappa shape index (κ1) is 15.4. The Morgan fingerprint density at radius 1 is 1.43 bits per heavy atom. The van der Waals surface area contributed by atoms with Crippen LogP contribution in [0.2, 0.25) is 0 Å². The lowest BCUT2D eigenvalue weighted by Crippen LogP contribution is -2.40. The molecule has 21 heavy (non-hydrogen) atoms. The number of hydrogen-bond acceptors (Lipinski definition) is 3. The monoisotopic (exact) mass is 286 g/mol. The summed E-state index contributed by atoms with van der Waals surface area (Å²) < 4.78 is 5.61. The molecule has 1 aliphatic heterocycles. The van der Waals surface area contributed by atoms with Crippen molar-refractivity contribution in [1.82, 2.24) is 4.90 Å². The molecule has 1 aliphatic rings. The van der Waals surface area contributed by atoms with Gasteiger partial charge >= 0.3 is 0 Å². The summed E-state index contributed by atoms with van der Waals surface area (Å²) >= 11 is 0. The zero-order valence-corrected chi connectivity index (χ0v) is 12.7. The molecule has 0 radical (unpaired) electrons. The van der Waals surface area contributed by atoms with Gasteiger partial charge in [-0.2, -0.15) is 5.26 Å². The fraction of sp³-hybridized carbons (Fsp3) is 0.529. The van der Waals surface area contributed by atoms with Gasteiger partial charge in [0, 0.05) is 19.0 Å². The minimum atomic E-state index is 0.00124. The molecule has 1 aromatic carbocycles. The summed E-state index contributed by atoms with van der Waals surface area (Å²) in [5, 5.41) is 8.86. The average molecular weight is 286 g/mol. The van der Waals surface area contributed by atoms with Crippen LogP contribution in [0, 0.1) is 17.2 Å². The molecule has 4 heteroatoms. The lowest BCUT2D eigenvalue weighted by Gasteiger charge is -2.29. The molecule has 1 saturated heterocycles. The highest BCUT2D eigenvalue weighted by atomic mass is 16.5. The van der Waals surface area contributed by atoms with Crippen LogP contribution in [0.15, 0.2) is 24.3 Å². The van der Waals surface area contributed by atoms with Gasteiger partial charge in [-0.3, -0.25) is 4.79 Å². The van der Waals surface area contributed by atoms with Crippen molar-refractivity contribution in [2.24, 2.45) is 5.92 Å². The van der Waals surface area contributed by atoms with E-state index in [1.807, 2.05) is 18.2 Å². The van der Waals surface area contributed by atoms with Gasteiger partial charge in [0.2, 0.25) is 0 Å². The van der Waals surface area contributed by atoms with Crippen LogP contribution in [0.3, 0.4) is 0 Å². The van der Waals surface area contributed by atoms with E-state index in [1.54, 1.807) is 4.90 Å². The molecule has 0 aromatic heterocycles.